The van der Waals surface area contributed by atoms with Gasteiger partial charge >= 0.3 is 0 Å². The molecule has 124 valence electrons. The smallest absolute Gasteiger partial charge is 0.139 e. The lowest BCUT2D eigenvalue weighted by molar-refractivity contribution is -0.151. The Morgan fingerprint density at radius 2 is 1.91 bits per heavy atom. The van der Waals surface area contributed by atoms with Crippen LogP contribution in [0.2, 0.25) is 0 Å². The molecule has 0 aromatic rings. The molecule has 4 fully saturated rings. The fourth-order valence-corrected chi connectivity index (χ4v) is 7.01. The first-order valence-electron chi connectivity index (χ1n) is 9.21. The maximum Gasteiger partial charge on any atom is 0.139 e. The molecule has 0 unspecified atom stereocenters. The molecule has 4 saturated carbocycles. The van der Waals surface area contributed by atoms with E-state index in [4.69, 9.17) is 0 Å². The standard InChI is InChI=1S/C19H29FO2/c1-18-8-7-14-12(13(18)5-6-17(18)22)4-3-11-9-16(21)15(20)10-19(11,14)2/h11-16,21H,3-10H2,1-2H3/t11-,12-,13-,14-,15-,16-,18-,19-/m0/s1. The van der Waals surface area contributed by atoms with Crippen molar-refractivity contribution in [3.8, 4) is 0 Å². The molecule has 1 N–H and O–H groups in total. The van der Waals surface area contributed by atoms with Crippen LogP contribution in [0.4, 0.5) is 4.39 Å². The monoisotopic (exact) mass is 308 g/mol. The van der Waals surface area contributed by atoms with Crippen molar-refractivity contribution >= 4 is 5.78 Å². The Labute approximate surface area is 132 Å². The van der Waals surface area contributed by atoms with Crippen LogP contribution in [0.25, 0.3) is 0 Å². The third-order valence-electron chi connectivity index (χ3n) is 8.35. The van der Waals surface area contributed by atoms with Gasteiger partial charge in [-0.2, -0.15) is 0 Å². The SMILES string of the molecule is C[C@]12C[C@H](F)[C@@H](O)C[C@@H]1CC[C@@H]1[C@@H]2CC[C@]2(C)C(=O)CC[C@@H]12. The molecule has 0 aromatic heterocycles. The summed E-state index contributed by atoms with van der Waals surface area (Å²) in [5, 5.41) is 9.93. The minimum Gasteiger partial charge on any atom is -0.390 e. The summed E-state index contributed by atoms with van der Waals surface area (Å²) in [5.41, 5.74) is -0.0534. The van der Waals surface area contributed by atoms with Gasteiger partial charge in [-0.15, -0.1) is 0 Å². The number of rotatable bonds is 0. The van der Waals surface area contributed by atoms with Gasteiger partial charge in [0.2, 0.25) is 0 Å². The van der Waals surface area contributed by atoms with Crippen molar-refractivity contribution in [1.29, 1.82) is 0 Å². The van der Waals surface area contributed by atoms with Crippen molar-refractivity contribution in [2.24, 2.45) is 34.5 Å². The molecule has 0 radical (unpaired) electrons. The molecule has 3 heteroatoms. The van der Waals surface area contributed by atoms with Gasteiger partial charge in [-0.25, -0.2) is 4.39 Å². The second kappa shape index (κ2) is 4.78. The van der Waals surface area contributed by atoms with Crippen molar-refractivity contribution in [3.63, 3.8) is 0 Å². The van der Waals surface area contributed by atoms with E-state index >= 15 is 0 Å². The highest BCUT2D eigenvalue weighted by molar-refractivity contribution is 5.87. The van der Waals surface area contributed by atoms with E-state index in [-0.39, 0.29) is 10.8 Å². The molecule has 0 aliphatic heterocycles. The molecule has 0 aromatic carbocycles. The topological polar surface area (TPSA) is 37.3 Å². The fraction of sp³-hybridized carbons (Fsp3) is 0.947. The molecule has 8 atom stereocenters. The Kier molecular flexibility index (Phi) is 3.28. The molecular weight excluding hydrogens is 279 g/mol. The summed E-state index contributed by atoms with van der Waals surface area (Å²) >= 11 is 0. The van der Waals surface area contributed by atoms with E-state index in [1.165, 1.54) is 6.42 Å². The number of ketones is 1. The van der Waals surface area contributed by atoms with Crippen molar-refractivity contribution in [2.75, 3.05) is 0 Å². The lowest BCUT2D eigenvalue weighted by Gasteiger charge is -2.60. The van der Waals surface area contributed by atoms with Crippen LogP contribution in [-0.4, -0.2) is 23.2 Å². The van der Waals surface area contributed by atoms with Gasteiger partial charge in [-0.1, -0.05) is 13.8 Å². The Morgan fingerprint density at radius 1 is 1.14 bits per heavy atom. The van der Waals surface area contributed by atoms with E-state index in [9.17, 15) is 14.3 Å². The molecule has 0 heterocycles. The number of hydrogen-bond donors (Lipinski definition) is 1. The second-order valence-corrected chi connectivity index (χ2v) is 9.10. The highest BCUT2D eigenvalue weighted by Gasteiger charge is 2.61. The Hall–Kier alpha value is -0.440. The Morgan fingerprint density at radius 3 is 2.68 bits per heavy atom. The van der Waals surface area contributed by atoms with Crippen molar-refractivity contribution < 1.29 is 14.3 Å². The largest absolute Gasteiger partial charge is 0.390 e. The van der Waals surface area contributed by atoms with E-state index < -0.39 is 12.3 Å². The number of alkyl halides is 1. The van der Waals surface area contributed by atoms with E-state index in [0.29, 0.717) is 42.3 Å². The van der Waals surface area contributed by atoms with Crippen LogP contribution in [-0.2, 0) is 4.79 Å². The average molecular weight is 308 g/mol. The first-order chi connectivity index (χ1) is 10.4. The quantitative estimate of drug-likeness (QED) is 0.737. The van der Waals surface area contributed by atoms with Gasteiger partial charge in [0.15, 0.2) is 0 Å². The van der Waals surface area contributed by atoms with Crippen LogP contribution in [0.1, 0.15) is 65.2 Å². The second-order valence-electron chi connectivity index (χ2n) is 9.10. The summed E-state index contributed by atoms with van der Waals surface area (Å²) < 4.78 is 14.3. The van der Waals surface area contributed by atoms with Gasteiger partial charge in [0.25, 0.3) is 0 Å². The minimum absolute atomic E-state index is 0.0362. The zero-order valence-electron chi connectivity index (χ0n) is 13.9. The van der Waals surface area contributed by atoms with E-state index in [1.807, 2.05) is 0 Å². The molecule has 22 heavy (non-hydrogen) atoms. The normalized spacial score (nSPS) is 57.9. The van der Waals surface area contributed by atoms with Crippen molar-refractivity contribution in [2.45, 2.75) is 77.5 Å². The Balaban J connectivity index is 1.65. The third kappa shape index (κ3) is 1.84. The average Bonchev–Trinajstić information content (AvgIpc) is 2.77. The fourth-order valence-electron chi connectivity index (χ4n) is 7.01. The summed E-state index contributed by atoms with van der Waals surface area (Å²) in [4.78, 5) is 12.4. The molecule has 4 rings (SSSR count). The molecule has 2 nitrogen and oxygen atoms in total. The summed E-state index contributed by atoms with van der Waals surface area (Å²) in [6, 6.07) is 0. The number of aliphatic hydroxyl groups is 1. The van der Waals surface area contributed by atoms with Gasteiger partial charge in [0.1, 0.15) is 12.0 Å². The number of carbonyl (C=O) groups is 1. The third-order valence-corrected chi connectivity index (χ3v) is 8.35. The van der Waals surface area contributed by atoms with Gasteiger partial charge in [0.05, 0.1) is 6.10 Å². The van der Waals surface area contributed by atoms with Gasteiger partial charge in [-0.3, -0.25) is 4.79 Å². The van der Waals surface area contributed by atoms with E-state index in [2.05, 4.69) is 13.8 Å². The van der Waals surface area contributed by atoms with Crippen LogP contribution < -0.4 is 0 Å². The predicted octanol–water partition coefficient (Wildman–Crippen LogP) is 3.91. The summed E-state index contributed by atoms with van der Waals surface area (Å²) in [5.74, 6) is 2.64. The number of aliphatic hydroxyl groups excluding tert-OH is 1. The van der Waals surface area contributed by atoms with E-state index in [1.54, 1.807) is 0 Å². The summed E-state index contributed by atoms with van der Waals surface area (Å²) in [6.07, 6.45) is 5.55. The number of halogens is 1. The van der Waals surface area contributed by atoms with Gasteiger partial charge in [-0.05, 0) is 74.0 Å². The van der Waals surface area contributed by atoms with Crippen molar-refractivity contribution in [3.05, 3.63) is 0 Å². The molecule has 4 aliphatic rings. The van der Waals surface area contributed by atoms with Crippen LogP contribution in [0, 0.1) is 34.5 Å². The van der Waals surface area contributed by atoms with Crippen molar-refractivity contribution in [1.82, 2.24) is 0 Å². The van der Waals surface area contributed by atoms with Crippen LogP contribution >= 0.6 is 0 Å². The predicted molar refractivity (Wildman–Crippen MR) is 83.0 cm³/mol. The number of carbonyl (C=O) groups excluding carboxylic acids is 1. The maximum atomic E-state index is 14.3. The van der Waals surface area contributed by atoms with Gasteiger partial charge < -0.3 is 5.11 Å². The van der Waals surface area contributed by atoms with Crippen LogP contribution in [0.3, 0.4) is 0 Å². The molecule has 0 spiro atoms. The summed E-state index contributed by atoms with van der Waals surface area (Å²) in [6.45, 7) is 4.48. The zero-order chi connectivity index (χ0) is 15.7. The number of hydrogen-bond acceptors (Lipinski definition) is 2. The lowest BCUT2D eigenvalue weighted by Crippen LogP contribution is -2.56. The minimum atomic E-state index is -1.06. The van der Waals surface area contributed by atoms with Crippen LogP contribution in [0.15, 0.2) is 0 Å². The molecule has 0 saturated heterocycles. The van der Waals surface area contributed by atoms with E-state index in [0.717, 1.165) is 32.1 Å². The first kappa shape index (κ1) is 15.1. The van der Waals surface area contributed by atoms with Gasteiger partial charge in [0, 0.05) is 11.8 Å². The lowest BCUT2D eigenvalue weighted by atomic mass is 9.45. The number of Topliss-reactive ketones (excluding diaryl/α,β-unsaturated/α-hetero) is 1. The Bertz CT molecular complexity index is 492. The molecule has 0 bridgehead atoms. The van der Waals surface area contributed by atoms with Crippen LogP contribution in [0.5, 0.6) is 0 Å². The maximum absolute atomic E-state index is 14.3. The zero-order valence-corrected chi connectivity index (χ0v) is 13.9. The number of fused-ring (bicyclic) bond motifs is 5. The highest BCUT2D eigenvalue weighted by Crippen LogP contribution is 2.65. The highest BCUT2D eigenvalue weighted by atomic mass is 19.1. The molecule has 4 aliphatic carbocycles. The first-order valence-corrected chi connectivity index (χ1v) is 9.21. The molecule has 0 amide bonds. The summed E-state index contributed by atoms with van der Waals surface area (Å²) in [7, 11) is 0. The molecular formula is C19H29FO2.